The number of alkyl halides is 1. The Labute approximate surface area is 63.2 Å². The highest BCUT2D eigenvalue weighted by Crippen LogP contribution is 2.03. The molecule has 11 heavy (non-hydrogen) atoms. The minimum absolute atomic E-state index is 0.377. The Hall–Kier alpha value is -1.04. The van der Waals surface area contributed by atoms with Gasteiger partial charge >= 0.3 is 0 Å². The zero-order valence-corrected chi connectivity index (χ0v) is 5.90. The second kappa shape index (κ2) is 3.97. The molecular weight excluding hydrogens is 151 g/mol. The van der Waals surface area contributed by atoms with Gasteiger partial charge in [0.25, 0.3) is 0 Å². The Morgan fingerprint density at radius 2 is 2.55 bits per heavy atom. The van der Waals surface area contributed by atoms with Crippen LogP contribution in [0.15, 0.2) is 10.3 Å². The molecule has 0 aromatic carbocycles. The molecule has 1 rings (SSSR count). The third-order valence-corrected chi connectivity index (χ3v) is 1.32. The highest BCUT2D eigenvalue weighted by molar-refractivity contribution is 5.56. The molecule has 0 spiro atoms. The first-order chi connectivity index (χ1) is 5.38. The lowest BCUT2D eigenvalue weighted by atomic mass is 10.4. The molecule has 0 saturated heterocycles. The maximum Gasteiger partial charge on any atom is 0.198 e. The van der Waals surface area contributed by atoms with Gasteiger partial charge in [0.1, 0.15) is 0 Å². The summed E-state index contributed by atoms with van der Waals surface area (Å²) in [6.45, 7) is 0.0384. The van der Waals surface area contributed by atoms with E-state index in [2.05, 4.69) is 15.9 Å². The number of nitrogens with zero attached hydrogens (tertiary/aromatic N) is 3. The number of aldehydes is 1. The van der Waals surface area contributed by atoms with Crippen LogP contribution in [0, 0.1) is 0 Å². The molecule has 1 aliphatic heterocycles. The fourth-order valence-corrected chi connectivity index (χ4v) is 0.777. The molecule has 1 atom stereocenters. The minimum atomic E-state index is -0.582. The summed E-state index contributed by atoms with van der Waals surface area (Å²) >= 11 is 0. The van der Waals surface area contributed by atoms with Crippen LogP contribution in [-0.2, 0) is 4.79 Å². The monoisotopic (exact) mass is 160 g/mol. The van der Waals surface area contributed by atoms with E-state index in [9.17, 15) is 9.18 Å². The summed E-state index contributed by atoms with van der Waals surface area (Å²) in [6.07, 6.45) is 0.450. The van der Waals surface area contributed by atoms with Crippen LogP contribution in [0.2, 0.25) is 0 Å². The number of carbonyl (C=O) groups excluding carboxylic acids is 1. The Morgan fingerprint density at radius 3 is 3.18 bits per heavy atom. The fourth-order valence-electron chi connectivity index (χ4n) is 0.777. The maximum absolute atomic E-state index is 11.7. The van der Waals surface area contributed by atoms with Gasteiger partial charge in [0.15, 0.2) is 12.5 Å². The Kier molecular flexibility index (Phi) is 2.91. The van der Waals surface area contributed by atoms with Crippen LogP contribution < -0.4 is 5.53 Å². The summed E-state index contributed by atoms with van der Waals surface area (Å²) in [5, 5.41) is 8.43. The van der Waals surface area contributed by atoms with Crippen molar-refractivity contribution < 1.29 is 9.18 Å². The molecule has 0 saturated carbocycles. The first kappa shape index (κ1) is 8.06. The quantitative estimate of drug-likeness (QED) is 0.591. The second-order valence-electron chi connectivity index (χ2n) is 2.10. The van der Waals surface area contributed by atoms with Crippen molar-refractivity contribution in [3.8, 4) is 0 Å². The van der Waals surface area contributed by atoms with E-state index in [4.69, 9.17) is 0 Å². The van der Waals surface area contributed by atoms with Gasteiger partial charge in [0.2, 0.25) is 0 Å². The third-order valence-electron chi connectivity index (χ3n) is 1.32. The standard InChI is InChI=1S/C5H9FN4O/c6-2-1-3-10-5(4-11)7-8-9-10/h4-5H,1-3H2,(H,7,9). The van der Waals surface area contributed by atoms with Crippen LogP contribution in [0.4, 0.5) is 4.39 Å². The number of carbonyl (C=O) groups is 1. The summed E-state index contributed by atoms with van der Waals surface area (Å²) < 4.78 is 11.7. The SMILES string of the molecule is O=CC1N=NNN1CCCF. The first-order valence-corrected chi connectivity index (χ1v) is 3.32. The normalized spacial score (nSPS) is 23.5. The lowest BCUT2D eigenvalue weighted by Gasteiger charge is -2.14. The number of halogens is 1. The smallest absolute Gasteiger partial charge is 0.198 e. The van der Waals surface area contributed by atoms with Crippen molar-refractivity contribution in [1.82, 2.24) is 10.5 Å². The van der Waals surface area contributed by atoms with Crippen molar-refractivity contribution in [2.75, 3.05) is 13.2 Å². The first-order valence-electron chi connectivity index (χ1n) is 3.32. The summed E-state index contributed by atoms with van der Waals surface area (Å²) in [6, 6.07) is 0. The van der Waals surface area contributed by atoms with Gasteiger partial charge in [0.05, 0.1) is 6.67 Å². The highest BCUT2D eigenvalue weighted by Gasteiger charge is 2.20. The summed E-state index contributed by atoms with van der Waals surface area (Å²) in [5.41, 5.74) is 2.49. The molecule has 1 unspecified atom stereocenters. The van der Waals surface area contributed by atoms with Crippen molar-refractivity contribution in [2.45, 2.75) is 12.6 Å². The van der Waals surface area contributed by atoms with Crippen LogP contribution in [0.25, 0.3) is 0 Å². The number of hydrogen-bond donors (Lipinski definition) is 1. The van der Waals surface area contributed by atoms with Gasteiger partial charge in [-0.1, -0.05) is 5.22 Å². The molecule has 6 heteroatoms. The van der Waals surface area contributed by atoms with E-state index in [-0.39, 0.29) is 0 Å². The van der Waals surface area contributed by atoms with Crippen LogP contribution in [-0.4, -0.2) is 30.7 Å². The van der Waals surface area contributed by atoms with Gasteiger partial charge in [0, 0.05) is 6.54 Å². The number of nitrogens with one attached hydrogen (secondary N) is 1. The molecule has 0 aliphatic carbocycles. The zero-order chi connectivity index (χ0) is 8.10. The number of rotatable bonds is 4. The lowest BCUT2D eigenvalue weighted by Crippen LogP contribution is -2.39. The van der Waals surface area contributed by atoms with Crippen LogP contribution in [0.3, 0.4) is 0 Å². The van der Waals surface area contributed by atoms with Gasteiger partial charge in [-0.2, -0.15) is 5.01 Å². The van der Waals surface area contributed by atoms with E-state index < -0.39 is 12.8 Å². The molecule has 5 nitrogen and oxygen atoms in total. The molecule has 0 bridgehead atoms. The van der Waals surface area contributed by atoms with Gasteiger partial charge in [-0.25, -0.2) is 5.53 Å². The van der Waals surface area contributed by atoms with Gasteiger partial charge in [-0.05, 0) is 6.42 Å². The molecule has 0 radical (unpaired) electrons. The van der Waals surface area contributed by atoms with Gasteiger partial charge in [-0.15, -0.1) is 5.11 Å². The van der Waals surface area contributed by atoms with Crippen LogP contribution >= 0.6 is 0 Å². The van der Waals surface area contributed by atoms with E-state index in [0.717, 1.165) is 0 Å². The molecule has 1 heterocycles. The van der Waals surface area contributed by atoms with Crippen molar-refractivity contribution in [3.05, 3.63) is 0 Å². The van der Waals surface area contributed by atoms with Crippen molar-refractivity contribution in [1.29, 1.82) is 0 Å². The molecule has 0 fully saturated rings. The average Bonchev–Trinajstić information content (AvgIpc) is 2.47. The second-order valence-corrected chi connectivity index (χ2v) is 2.10. The predicted molar refractivity (Wildman–Crippen MR) is 35.1 cm³/mol. The summed E-state index contributed by atoms with van der Waals surface area (Å²) in [5.74, 6) is 0. The Morgan fingerprint density at radius 1 is 1.73 bits per heavy atom. The van der Waals surface area contributed by atoms with E-state index in [1.54, 1.807) is 0 Å². The zero-order valence-electron chi connectivity index (χ0n) is 5.90. The maximum atomic E-state index is 11.7. The van der Waals surface area contributed by atoms with Crippen molar-refractivity contribution in [2.24, 2.45) is 10.3 Å². The Balaban J connectivity index is 2.29. The molecule has 0 aromatic heterocycles. The predicted octanol–water partition coefficient (Wildman–Crippen LogP) is 0.0584. The van der Waals surface area contributed by atoms with E-state index in [1.807, 2.05) is 0 Å². The Bertz CT molecular complexity index is 163. The fraction of sp³-hybridized carbons (Fsp3) is 0.800. The van der Waals surface area contributed by atoms with Crippen LogP contribution in [0.1, 0.15) is 6.42 Å². The molecule has 1 aliphatic rings. The van der Waals surface area contributed by atoms with Crippen LogP contribution in [0.5, 0.6) is 0 Å². The molecular formula is C5H9FN4O. The van der Waals surface area contributed by atoms with Crippen molar-refractivity contribution >= 4 is 6.29 Å². The van der Waals surface area contributed by atoms with E-state index >= 15 is 0 Å². The molecule has 0 amide bonds. The van der Waals surface area contributed by atoms with E-state index in [0.29, 0.717) is 19.3 Å². The average molecular weight is 160 g/mol. The van der Waals surface area contributed by atoms with E-state index in [1.165, 1.54) is 5.01 Å². The lowest BCUT2D eigenvalue weighted by molar-refractivity contribution is -0.112. The summed E-state index contributed by atoms with van der Waals surface area (Å²) in [4.78, 5) is 10.3. The number of hydrogen-bond acceptors (Lipinski definition) is 5. The molecule has 62 valence electrons. The topological polar surface area (TPSA) is 57.1 Å². The molecule has 0 aromatic rings. The minimum Gasteiger partial charge on any atom is -0.299 e. The van der Waals surface area contributed by atoms with Crippen molar-refractivity contribution in [3.63, 3.8) is 0 Å². The van der Waals surface area contributed by atoms with Gasteiger partial charge < -0.3 is 0 Å². The third kappa shape index (κ3) is 1.94. The largest absolute Gasteiger partial charge is 0.299 e. The summed E-state index contributed by atoms with van der Waals surface area (Å²) in [7, 11) is 0. The molecule has 1 N–H and O–H groups in total. The highest BCUT2D eigenvalue weighted by atomic mass is 19.1. The number of hydrazine groups is 1. The van der Waals surface area contributed by atoms with Gasteiger partial charge in [-0.3, -0.25) is 9.18 Å².